The number of aryl methyl sites for hydroxylation is 2. The third-order valence-electron chi connectivity index (χ3n) is 4.84. The molecule has 1 saturated carbocycles. The summed E-state index contributed by atoms with van der Waals surface area (Å²) in [5.74, 6) is 1.07. The van der Waals surface area contributed by atoms with E-state index >= 15 is 0 Å². The van der Waals surface area contributed by atoms with Gasteiger partial charge in [0.25, 0.3) is 0 Å². The van der Waals surface area contributed by atoms with Crippen molar-refractivity contribution in [3.05, 3.63) is 28.8 Å². The van der Waals surface area contributed by atoms with Gasteiger partial charge in [0.15, 0.2) is 0 Å². The lowest BCUT2D eigenvalue weighted by atomic mass is 9.74. The molecule has 1 aliphatic rings. The summed E-state index contributed by atoms with van der Waals surface area (Å²) in [6, 6.07) is 4.89. The maximum Gasteiger partial charge on any atom is 0.123 e. The summed E-state index contributed by atoms with van der Waals surface area (Å²) < 4.78 is 6.49. The van der Waals surface area contributed by atoms with Crippen molar-refractivity contribution in [2.75, 3.05) is 6.54 Å². The Morgan fingerprint density at radius 2 is 1.95 bits per heavy atom. The van der Waals surface area contributed by atoms with Crippen LogP contribution in [0.25, 0.3) is 0 Å². The number of rotatable bonds is 4. The van der Waals surface area contributed by atoms with E-state index in [0.29, 0.717) is 11.5 Å². The van der Waals surface area contributed by atoms with E-state index in [0.717, 1.165) is 18.7 Å². The molecule has 0 radical (unpaired) electrons. The predicted octanol–water partition coefficient (Wildman–Crippen LogP) is 4.55. The van der Waals surface area contributed by atoms with Crippen LogP contribution in [0.15, 0.2) is 12.1 Å². The first-order valence-corrected chi connectivity index (χ1v) is 8.30. The molecule has 2 rings (SSSR count). The molecule has 0 saturated heterocycles. The van der Waals surface area contributed by atoms with Crippen LogP contribution in [-0.2, 0) is 0 Å². The smallest absolute Gasteiger partial charge is 0.123 e. The van der Waals surface area contributed by atoms with Crippen LogP contribution in [-0.4, -0.2) is 18.7 Å². The van der Waals surface area contributed by atoms with E-state index in [2.05, 4.69) is 59.0 Å². The van der Waals surface area contributed by atoms with Gasteiger partial charge >= 0.3 is 0 Å². The fourth-order valence-corrected chi connectivity index (χ4v) is 3.43. The molecular formula is C19H31NO. The molecule has 1 aliphatic carbocycles. The average molecular weight is 289 g/mol. The highest BCUT2D eigenvalue weighted by Crippen LogP contribution is 2.38. The van der Waals surface area contributed by atoms with Crippen molar-refractivity contribution in [3.8, 4) is 5.75 Å². The largest absolute Gasteiger partial charge is 0.488 e. The number of benzene rings is 1. The van der Waals surface area contributed by atoms with E-state index in [1.54, 1.807) is 0 Å². The van der Waals surface area contributed by atoms with Gasteiger partial charge in [0, 0.05) is 6.04 Å². The summed E-state index contributed by atoms with van der Waals surface area (Å²) in [6.07, 6.45) is 3.87. The van der Waals surface area contributed by atoms with Crippen LogP contribution in [0.5, 0.6) is 5.75 Å². The maximum absolute atomic E-state index is 6.49. The molecular weight excluding hydrogens is 258 g/mol. The van der Waals surface area contributed by atoms with Crippen LogP contribution >= 0.6 is 0 Å². The van der Waals surface area contributed by atoms with Crippen LogP contribution in [0.3, 0.4) is 0 Å². The fourth-order valence-electron chi connectivity index (χ4n) is 3.43. The second kappa shape index (κ2) is 6.39. The van der Waals surface area contributed by atoms with Gasteiger partial charge < -0.3 is 10.1 Å². The first kappa shape index (κ1) is 16.4. The zero-order valence-corrected chi connectivity index (χ0v) is 14.5. The van der Waals surface area contributed by atoms with E-state index in [9.17, 15) is 0 Å². The second-order valence-corrected chi connectivity index (χ2v) is 7.43. The van der Waals surface area contributed by atoms with Crippen molar-refractivity contribution in [2.24, 2.45) is 5.41 Å². The molecule has 0 amide bonds. The first-order chi connectivity index (χ1) is 9.82. The van der Waals surface area contributed by atoms with Crippen molar-refractivity contribution in [1.29, 1.82) is 0 Å². The summed E-state index contributed by atoms with van der Waals surface area (Å²) in [6.45, 7) is 14.4. The Morgan fingerprint density at radius 1 is 1.24 bits per heavy atom. The average Bonchev–Trinajstić information content (AvgIpc) is 2.38. The highest BCUT2D eigenvalue weighted by molar-refractivity contribution is 5.42. The van der Waals surface area contributed by atoms with E-state index in [1.807, 2.05) is 0 Å². The molecule has 1 N–H and O–H groups in total. The van der Waals surface area contributed by atoms with Crippen molar-refractivity contribution >= 4 is 0 Å². The Bertz CT molecular complexity index is 493. The lowest BCUT2D eigenvalue weighted by molar-refractivity contribution is 0.0531. The fraction of sp³-hybridized carbons (Fsp3) is 0.684. The molecule has 1 aromatic rings. The maximum atomic E-state index is 6.49. The zero-order chi connectivity index (χ0) is 15.6. The molecule has 0 aromatic heterocycles. The van der Waals surface area contributed by atoms with Gasteiger partial charge in [0.2, 0.25) is 0 Å². The summed E-state index contributed by atoms with van der Waals surface area (Å²) in [7, 11) is 0. The molecule has 1 fully saturated rings. The SMILES string of the molecule is CCNC1CCC(C)(C)CC1Oc1cc(C)cc(C)c1C. The van der Waals surface area contributed by atoms with Crippen molar-refractivity contribution in [3.63, 3.8) is 0 Å². The molecule has 2 nitrogen and oxygen atoms in total. The minimum absolute atomic E-state index is 0.272. The number of hydrogen-bond donors (Lipinski definition) is 1. The molecule has 0 bridgehead atoms. The molecule has 118 valence electrons. The van der Waals surface area contributed by atoms with Gasteiger partial charge in [-0.05, 0) is 74.8 Å². The zero-order valence-electron chi connectivity index (χ0n) is 14.5. The van der Waals surface area contributed by atoms with E-state index < -0.39 is 0 Å². The van der Waals surface area contributed by atoms with Gasteiger partial charge in [-0.3, -0.25) is 0 Å². The topological polar surface area (TPSA) is 21.3 Å². The molecule has 2 atom stereocenters. The number of nitrogens with one attached hydrogen (secondary N) is 1. The lowest BCUT2D eigenvalue weighted by Crippen LogP contribution is -2.49. The summed E-state index contributed by atoms with van der Waals surface area (Å²) in [5, 5.41) is 3.62. The van der Waals surface area contributed by atoms with E-state index in [1.165, 1.54) is 29.5 Å². The third kappa shape index (κ3) is 4.00. The van der Waals surface area contributed by atoms with Gasteiger partial charge in [-0.15, -0.1) is 0 Å². The minimum Gasteiger partial charge on any atom is -0.488 e. The number of likely N-dealkylation sites (N-methyl/N-ethyl adjacent to an activating group) is 1. The van der Waals surface area contributed by atoms with E-state index in [4.69, 9.17) is 4.74 Å². The van der Waals surface area contributed by atoms with Gasteiger partial charge in [0.1, 0.15) is 11.9 Å². The minimum atomic E-state index is 0.272. The predicted molar refractivity (Wildman–Crippen MR) is 90.2 cm³/mol. The van der Waals surface area contributed by atoms with Crippen LogP contribution in [0.1, 0.15) is 56.7 Å². The Balaban J connectivity index is 2.21. The molecule has 1 aromatic carbocycles. The van der Waals surface area contributed by atoms with Gasteiger partial charge in [0.05, 0.1) is 0 Å². The molecule has 2 heteroatoms. The molecule has 2 unspecified atom stereocenters. The standard InChI is InChI=1S/C19H31NO/c1-7-20-16-8-9-19(5,6)12-18(16)21-17-11-13(2)10-14(3)15(17)4/h10-11,16,18,20H,7-9,12H2,1-6H3. The van der Waals surface area contributed by atoms with Crippen LogP contribution in [0.4, 0.5) is 0 Å². The molecule has 0 heterocycles. The first-order valence-electron chi connectivity index (χ1n) is 8.30. The van der Waals surface area contributed by atoms with Gasteiger partial charge in [-0.1, -0.05) is 26.8 Å². The molecule has 0 spiro atoms. The van der Waals surface area contributed by atoms with Gasteiger partial charge in [-0.2, -0.15) is 0 Å². The quantitative estimate of drug-likeness (QED) is 0.878. The Hall–Kier alpha value is -1.02. The normalized spacial score (nSPS) is 24.9. The summed E-state index contributed by atoms with van der Waals surface area (Å²) >= 11 is 0. The van der Waals surface area contributed by atoms with Crippen molar-refractivity contribution < 1.29 is 4.74 Å². The highest BCUT2D eigenvalue weighted by Gasteiger charge is 2.36. The van der Waals surface area contributed by atoms with Crippen molar-refractivity contribution in [2.45, 2.75) is 73.0 Å². The lowest BCUT2D eigenvalue weighted by Gasteiger charge is -2.41. The monoisotopic (exact) mass is 289 g/mol. The van der Waals surface area contributed by atoms with E-state index in [-0.39, 0.29) is 6.10 Å². The molecule has 0 aliphatic heterocycles. The van der Waals surface area contributed by atoms with Crippen LogP contribution < -0.4 is 10.1 Å². The Morgan fingerprint density at radius 3 is 2.62 bits per heavy atom. The summed E-state index contributed by atoms with van der Waals surface area (Å²) in [4.78, 5) is 0. The van der Waals surface area contributed by atoms with Crippen LogP contribution in [0.2, 0.25) is 0 Å². The third-order valence-corrected chi connectivity index (χ3v) is 4.84. The molecule has 21 heavy (non-hydrogen) atoms. The Kier molecular flexibility index (Phi) is 4.98. The second-order valence-electron chi connectivity index (χ2n) is 7.43. The highest BCUT2D eigenvalue weighted by atomic mass is 16.5. The Labute approximate surface area is 130 Å². The number of ether oxygens (including phenoxy) is 1. The van der Waals surface area contributed by atoms with Gasteiger partial charge in [-0.25, -0.2) is 0 Å². The summed E-state index contributed by atoms with van der Waals surface area (Å²) in [5.41, 5.74) is 4.26. The number of hydrogen-bond acceptors (Lipinski definition) is 2. The van der Waals surface area contributed by atoms with Crippen LogP contribution in [0, 0.1) is 26.2 Å². The van der Waals surface area contributed by atoms with Crippen molar-refractivity contribution in [1.82, 2.24) is 5.32 Å².